The Kier molecular flexibility index (Phi) is 5.07. The third kappa shape index (κ3) is 3.67. The lowest BCUT2D eigenvalue weighted by Gasteiger charge is -2.20. The lowest BCUT2D eigenvalue weighted by Crippen LogP contribution is -2.19. The molecule has 0 aliphatic rings. The van der Waals surface area contributed by atoms with Crippen LogP contribution in [0.3, 0.4) is 0 Å². The molecule has 1 aromatic carbocycles. The maximum absolute atomic E-state index is 11.6. The average Bonchev–Trinajstić information content (AvgIpc) is 2.49. The normalized spacial score (nSPS) is 12.1. The number of aryl methyl sites for hydroxylation is 1. The fourth-order valence-corrected chi connectivity index (χ4v) is 2.65. The molecule has 1 atom stereocenters. The van der Waals surface area contributed by atoms with Crippen LogP contribution < -0.4 is 10.9 Å². The van der Waals surface area contributed by atoms with Crippen molar-refractivity contribution in [3.8, 4) is 5.75 Å². The Balaban J connectivity index is 2.31. The van der Waals surface area contributed by atoms with Crippen molar-refractivity contribution in [2.24, 2.45) is 0 Å². The number of phenols is 1. The van der Waals surface area contributed by atoms with E-state index in [4.69, 9.17) is 0 Å². The van der Waals surface area contributed by atoms with E-state index in [1.807, 2.05) is 26.0 Å². The highest BCUT2D eigenvalue weighted by atomic mass is 79.9. The van der Waals surface area contributed by atoms with Crippen molar-refractivity contribution < 1.29 is 5.11 Å². The van der Waals surface area contributed by atoms with E-state index < -0.39 is 0 Å². The van der Waals surface area contributed by atoms with Crippen molar-refractivity contribution in [3.05, 3.63) is 56.9 Å². The minimum absolute atomic E-state index is 0.0126. The summed E-state index contributed by atoms with van der Waals surface area (Å²) in [5.41, 5.74) is 1.69. The van der Waals surface area contributed by atoms with Gasteiger partial charge in [-0.15, -0.1) is 0 Å². The predicted octanol–water partition coefficient (Wildman–Crippen LogP) is 3.90. The van der Waals surface area contributed by atoms with Crippen molar-refractivity contribution in [3.63, 3.8) is 0 Å². The summed E-state index contributed by atoms with van der Waals surface area (Å²) >= 11 is 3.43. The van der Waals surface area contributed by atoms with Crippen LogP contribution in [0.4, 0.5) is 5.69 Å². The Morgan fingerprint density at radius 2 is 2.05 bits per heavy atom. The highest BCUT2D eigenvalue weighted by Crippen LogP contribution is 2.31. The number of benzene rings is 1. The molecule has 2 N–H and O–H groups in total. The minimum Gasteiger partial charge on any atom is -0.508 e. The summed E-state index contributed by atoms with van der Waals surface area (Å²) in [5, 5.41) is 13.4. The molecule has 4 nitrogen and oxygen atoms in total. The van der Waals surface area contributed by atoms with Gasteiger partial charge in [0.1, 0.15) is 5.75 Å². The van der Waals surface area contributed by atoms with E-state index in [1.54, 1.807) is 29.0 Å². The molecule has 0 saturated heterocycles. The number of aromatic hydroxyl groups is 1. The molecule has 5 heteroatoms. The van der Waals surface area contributed by atoms with E-state index in [0.29, 0.717) is 6.54 Å². The molecule has 0 bridgehead atoms. The van der Waals surface area contributed by atoms with Crippen molar-refractivity contribution in [2.45, 2.75) is 32.9 Å². The summed E-state index contributed by atoms with van der Waals surface area (Å²) in [6.07, 6.45) is 2.62. The first kappa shape index (κ1) is 15.6. The number of aromatic nitrogens is 1. The SMILES string of the molecule is CCC(Nc1ccc(=O)n(CC)c1)c1cc(Br)ccc1O. The van der Waals surface area contributed by atoms with Crippen LogP contribution in [0.25, 0.3) is 0 Å². The topological polar surface area (TPSA) is 54.3 Å². The van der Waals surface area contributed by atoms with Gasteiger partial charge in [-0.3, -0.25) is 4.79 Å². The van der Waals surface area contributed by atoms with Crippen LogP contribution in [-0.4, -0.2) is 9.67 Å². The van der Waals surface area contributed by atoms with Gasteiger partial charge in [-0.1, -0.05) is 22.9 Å². The van der Waals surface area contributed by atoms with Gasteiger partial charge < -0.3 is 15.0 Å². The lowest BCUT2D eigenvalue weighted by molar-refractivity contribution is 0.462. The van der Waals surface area contributed by atoms with E-state index in [0.717, 1.165) is 22.1 Å². The van der Waals surface area contributed by atoms with Crippen molar-refractivity contribution in [2.75, 3.05) is 5.32 Å². The van der Waals surface area contributed by atoms with Crippen LogP contribution in [0.5, 0.6) is 5.75 Å². The molecule has 0 fully saturated rings. The Morgan fingerprint density at radius 3 is 2.71 bits per heavy atom. The number of hydrogen-bond acceptors (Lipinski definition) is 3. The summed E-state index contributed by atoms with van der Waals surface area (Å²) < 4.78 is 2.57. The molecule has 112 valence electrons. The molecule has 1 aromatic heterocycles. The van der Waals surface area contributed by atoms with Crippen LogP contribution in [0.15, 0.2) is 45.8 Å². The Bertz CT molecular complexity index is 682. The second kappa shape index (κ2) is 6.80. The van der Waals surface area contributed by atoms with Gasteiger partial charge in [-0.05, 0) is 37.6 Å². The zero-order valence-corrected chi connectivity index (χ0v) is 13.7. The van der Waals surface area contributed by atoms with Gasteiger partial charge in [0, 0.05) is 28.8 Å². The molecule has 1 unspecified atom stereocenters. The van der Waals surface area contributed by atoms with Gasteiger partial charge in [0.05, 0.1) is 11.7 Å². The third-order valence-electron chi connectivity index (χ3n) is 3.44. The van der Waals surface area contributed by atoms with E-state index >= 15 is 0 Å². The highest BCUT2D eigenvalue weighted by Gasteiger charge is 2.14. The van der Waals surface area contributed by atoms with E-state index in [2.05, 4.69) is 21.2 Å². The highest BCUT2D eigenvalue weighted by molar-refractivity contribution is 9.10. The number of phenolic OH excluding ortho intramolecular Hbond substituents is 1. The van der Waals surface area contributed by atoms with Crippen LogP contribution in [0, 0.1) is 0 Å². The predicted molar refractivity (Wildman–Crippen MR) is 88.8 cm³/mol. The molecule has 0 amide bonds. The Labute approximate surface area is 132 Å². The van der Waals surface area contributed by atoms with Crippen LogP contribution in [0.2, 0.25) is 0 Å². The number of anilines is 1. The molecule has 0 aliphatic carbocycles. The average molecular weight is 351 g/mol. The number of halogens is 1. The maximum Gasteiger partial charge on any atom is 0.250 e. The van der Waals surface area contributed by atoms with Gasteiger partial charge in [0.2, 0.25) is 0 Å². The minimum atomic E-state index is -0.0229. The van der Waals surface area contributed by atoms with Gasteiger partial charge in [-0.2, -0.15) is 0 Å². The standard InChI is InChI=1S/C16H19BrN2O2/c1-3-14(13-9-11(17)5-7-15(13)20)18-12-6-8-16(21)19(4-2)10-12/h5-10,14,18,20H,3-4H2,1-2H3. The van der Waals surface area contributed by atoms with Crippen LogP contribution in [0.1, 0.15) is 31.9 Å². The van der Waals surface area contributed by atoms with Crippen molar-refractivity contribution in [1.29, 1.82) is 0 Å². The second-order valence-corrected chi connectivity index (χ2v) is 5.77. The molecule has 2 rings (SSSR count). The molecule has 2 aromatic rings. The monoisotopic (exact) mass is 350 g/mol. The molecule has 0 saturated carbocycles. The lowest BCUT2D eigenvalue weighted by atomic mass is 10.0. The van der Waals surface area contributed by atoms with E-state index in [9.17, 15) is 9.90 Å². The first-order valence-electron chi connectivity index (χ1n) is 7.00. The molecule has 21 heavy (non-hydrogen) atoms. The summed E-state index contributed by atoms with van der Waals surface area (Å²) in [7, 11) is 0. The first-order chi connectivity index (χ1) is 10.0. The maximum atomic E-state index is 11.6. The quantitative estimate of drug-likeness (QED) is 0.859. The molecule has 0 aliphatic heterocycles. The van der Waals surface area contributed by atoms with Crippen LogP contribution in [-0.2, 0) is 6.54 Å². The van der Waals surface area contributed by atoms with Gasteiger partial charge in [-0.25, -0.2) is 0 Å². The van der Waals surface area contributed by atoms with Crippen molar-refractivity contribution in [1.82, 2.24) is 4.57 Å². The molecule has 0 radical (unpaired) electrons. The van der Waals surface area contributed by atoms with Crippen molar-refractivity contribution >= 4 is 21.6 Å². The van der Waals surface area contributed by atoms with Gasteiger partial charge in [0.15, 0.2) is 0 Å². The largest absolute Gasteiger partial charge is 0.508 e. The van der Waals surface area contributed by atoms with E-state index in [1.165, 1.54) is 0 Å². The molecular weight excluding hydrogens is 332 g/mol. The third-order valence-corrected chi connectivity index (χ3v) is 3.93. The molecule has 1 heterocycles. The number of pyridine rings is 1. The fraction of sp³-hybridized carbons (Fsp3) is 0.312. The number of nitrogens with one attached hydrogen (secondary N) is 1. The second-order valence-electron chi connectivity index (χ2n) is 4.85. The summed E-state index contributed by atoms with van der Waals surface area (Å²) in [4.78, 5) is 11.6. The first-order valence-corrected chi connectivity index (χ1v) is 7.79. The summed E-state index contributed by atoms with van der Waals surface area (Å²) in [5.74, 6) is 0.265. The summed E-state index contributed by atoms with van der Waals surface area (Å²) in [6.45, 7) is 4.61. The Morgan fingerprint density at radius 1 is 1.29 bits per heavy atom. The smallest absolute Gasteiger partial charge is 0.250 e. The summed E-state index contributed by atoms with van der Waals surface area (Å²) in [6, 6.07) is 8.70. The van der Waals surface area contributed by atoms with Gasteiger partial charge in [0.25, 0.3) is 5.56 Å². The molecular formula is C16H19BrN2O2. The van der Waals surface area contributed by atoms with Gasteiger partial charge >= 0.3 is 0 Å². The number of nitrogens with zero attached hydrogens (tertiary/aromatic N) is 1. The van der Waals surface area contributed by atoms with Crippen LogP contribution >= 0.6 is 15.9 Å². The number of hydrogen-bond donors (Lipinski definition) is 2. The fourth-order valence-electron chi connectivity index (χ4n) is 2.27. The zero-order chi connectivity index (χ0) is 15.4. The number of rotatable bonds is 5. The van der Waals surface area contributed by atoms with E-state index in [-0.39, 0.29) is 17.4 Å². The Hall–Kier alpha value is -1.75. The molecule has 0 spiro atoms. The zero-order valence-electron chi connectivity index (χ0n) is 12.1.